The van der Waals surface area contributed by atoms with Gasteiger partial charge in [-0.25, -0.2) is 0 Å². The largest absolute Gasteiger partial charge is 0.494 e. The monoisotopic (exact) mass is 425 g/mol. The predicted molar refractivity (Wildman–Crippen MR) is 118 cm³/mol. The molecule has 1 aliphatic rings. The number of benzene rings is 2. The lowest BCUT2D eigenvalue weighted by Gasteiger charge is -2.14. The van der Waals surface area contributed by atoms with Crippen LogP contribution in [-0.2, 0) is 4.79 Å². The molecule has 1 aliphatic heterocycles. The van der Waals surface area contributed by atoms with Gasteiger partial charge >= 0.3 is 0 Å². The highest BCUT2D eigenvalue weighted by molar-refractivity contribution is 7.80. The van der Waals surface area contributed by atoms with Crippen LogP contribution >= 0.6 is 12.2 Å². The Morgan fingerprint density at radius 1 is 1.03 bits per heavy atom. The topological polar surface area (TPSA) is 87.7 Å². The Bertz CT molecular complexity index is 924. The van der Waals surface area contributed by atoms with E-state index in [9.17, 15) is 14.4 Å². The van der Waals surface area contributed by atoms with E-state index in [0.29, 0.717) is 23.4 Å². The van der Waals surface area contributed by atoms with E-state index in [1.165, 1.54) is 0 Å². The van der Waals surface area contributed by atoms with Crippen molar-refractivity contribution in [2.24, 2.45) is 0 Å². The van der Waals surface area contributed by atoms with E-state index in [1.807, 2.05) is 12.1 Å². The number of hydrogen-bond donors (Lipinski definition) is 2. The van der Waals surface area contributed by atoms with Crippen molar-refractivity contribution in [2.75, 3.05) is 18.5 Å². The Morgan fingerprint density at radius 2 is 1.67 bits per heavy atom. The van der Waals surface area contributed by atoms with Crippen molar-refractivity contribution < 1.29 is 19.1 Å². The van der Waals surface area contributed by atoms with Crippen molar-refractivity contribution in [3.05, 3.63) is 59.7 Å². The van der Waals surface area contributed by atoms with Crippen LogP contribution in [0.25, 0.3) is 0 Å². The maximum absolute atomic E-state index is 12.3. The van der Waals surface area contributed by atoms with Crippen molar-refractivity contribution in [3.63, 3.8) is 0 Å². The first-order valence-corrected chi connectivity index (χ1v) is 10.2. The second kappa shape index (κ2) is 9.98. The molecule has 2 aromatic carbocycles. The molecule has 0 saturated heterocycles. The van der Waals surface area contributed by atoms with E-state index < -0.39 is 0 Å². The molecule has 0 bridgehead atoms. The zero-order chi connectivity index (χ0) is 21.5. The summed E-state index contributed by atoms with van der Waals surface area (Å²) in [6, 6.07) is 13.9. The van der Waals surface area contributed by atoms with Gasteiger partial charge in [0, 0.05) is 18.7 Å². The Labute approximate surface area is 180 Å². The van der Waals surface area contributed by atoms with Gasteiger partial charge in [0.15, 0.2) is 5.11 Å². The van der Waals surface area contributed by atoms with Gasteiger partial charge in [-0.05, 0) is 55.0 Å². The van der Waals surface area contributed by atoms with Gasteiger partial charge in [-0.1, -0.05) is 25.5 Å². The first kappa shape index (κ1) is 21.4. The van der Waals surface area contributed by atoms with Gasteiger partial charge in [-0.2, -0.15) is 0 Å². The Balaban J connectivity index is 1.45. The van der Waals surface area contributed by atoms with E-state index >= 15 is 0 Å². The Hall–Kier alpha value is -3.26. The van der Waals surface area contributed by atoms with Crippen LogP contribution in [0.5, 0.6) is 5.75 Å². The zero-order valence-electron chi connectivity index (χ0n) is 16.6. The third-order valence-corrected chi connectivity index (χ3v) is 4.78. The van der Waals surface area contributed by atoms with Crippen LogP contribution in [0.3, 0.4) is 0 Å². The molecular weight excluding hydrogens is 402 g/mol. The number of nitrogens with zero attached hydrogens (tertiary/aromatic N) is 1. The predicted octanol–water partition coefficient (Wildman–Crippen LogP) is 3.36. The van der Waals surface area contributed by atoms with Gasteiger partial charge in [-0.3, -0.25) is 19.3 Å². The van der Waals surface area contributed by atoms with Crippen LogP contribution in [0.1, 0.15) is 46.9 Å². The van der Waals surface area contributed by atoms with Crippen LogP contribution in [0.4, 0.5) is 5.69 Å². The Morgan fingerprint density at radius 3 is 2.27 bits per heavy atom. The number of fused-ring (bicyclic) bond motifs is 1. The van der Waals surface area contributed by atoms with Gasteiger partial charge in [0.1, 0.15) is 5.75 Å². The van der Waals surface area contributed by atoms with Crippen LogP contribution < -0.4 is 15.4 Å². The number of thiocarbonyl (C=S) groups is 1. The standard InChI is InChI=1S/C22H23N3O4S/c1-2-3-14-29-16-10-8-15(9-11-16)23-22(30)24-19(26)12-13-25-20(27)17-6-4-5-7-18(17)21(25)28/h4-11H,2-3,12-14H2,1H3,(H2,23,24,26,30). The zero-order valence-corrected chi connectivity index (χ0v) is 17.5. The molecule has 0 spiro atoms. The molecule has 2 aromatic rings. The summed E-state index contributed by atoms with van der Waals surface area (Å²) in [4.78, 5) is 37.9. The van der Waals surface area contributed by atoms with E-state index in [1.54, 1.807) is 36.4 Å². The lowest BCUT2D eigenvalue weighted by Crippen LogP contribution is -2.38. The third kappa shape index (κ3) is 5.21. The number of anilines is 1. The molecule has 8 heteroatoms. The third-order valence-electron chi connectivity index (χ3n) is 4.57. The fraction of sp³-hybridized carbons (Fsp3) is 0.273. The summed E-state index contributed by atoms with van der Waals surface area (Å²) >= 11 is 5.16. The number of amides is 3. The molecule has 0 aromatic heterocycles. The summed E-state index contributed by atoms with van der Waals surface area (Å²) in [5, 5.41) is 5.62. The maximum atomic E-state index is 12.3. The molecule has 3 amide bonds. The number of carbonyl (C=O) groups excluding carboxylic acids is 3. The van der Waals surface area contributed by atoms with Gasteiger partial charge in [0.2, 0.25) is 5.91 Å². The smallest absolute Gasteiger partial charge is 0.261 e. The maximum Gasteiger partial charge on any atom is 0.261 e. The molecule has 0 unspecified atom stereocenters. The van der Waals surface area contributed by atoms with Gasteiger partial charge in [-0.15, -0.1) is 0 Å². The molecule has 0 saturated carbocycles. The molecule has 1 heterocycles. The average molecular weight is 426 g/mol. The van der Waals surface area contributed by atoms with Gasteiger partial charge in [0.05, 0.1) is 17.7 Å². The normalized spacial score (nSPS) is 12.5. The highest BCUT2D eigenvalue weighted by atomic mass is 32.1. The lowest BCUT2D eigenvalue weighted by molar-refractivity contribution is -0.119. The molecule has 30 heavy (non-hydrogen) atoms. The van der Waals surface area contributed by atoms with Crippen molar-refractivity contribution in [1.82, 2.24) is 10.2 Å². The average Bonchev–Trinajstić information content (AvgIpc) is 2.98. The molecule has 156 valence electrons. The van der Waals surface area contributed by atoms with E-state index in [-0.39, 0.29) is 35.8 Å². The van der Waals surface area contributed by atoms with Crippen molar-refractivity contribution >= 4 is 40.7 Å². The van der Waals surface area contributed by atoms with Crippen LogP contribution in [0.15, 0.2) is 48.5 Å². The number of rotatable bonds is 8. The summed E-state index contributed by atoms with van der Waals surface area (Å²) in [5.74, 6) is -0.385. The van der Waals surface area contributed by atoms with Gasteiger partial charge in [0.25, 0.3) is 11.8 Å². The minimum atomic E-state index is -0.386. The summed E-state index contributed by atoms with van der Waals surface area (Å²) in [6.07, 6.45) is 2.02. The minimum Gasteiger partial charge on any atom is -0.494 e. The number of unbranched alkanes of at least 4 members (excludes halogenated alkanes) is 1. The molecule has 0 fully saturated rings. The SMILES string of the molecule is CCCCOc1ccc(NC(=S)NC(=O)CCN2C(=O)c3ccccc3C2=O)cc1. The lowest BCUT2D eigenvalue weighted by atomic mass is 10.1. The summed E-state index contributed by atoms with van der Waals surface area (Å²) in [6.45, 7) is 2.76. The van der Waals surface area contributed by atoms with E-state index in [0.717, 1.165) is 23.5 Å². The van der Waals surface area contributed by atoms with Crippen molar-refractivity contribution in [3.8, 4) is 5.75 Å². The molecule has 2 N–H and O–H groups in total. The Kier molecular flexibility index (Phi) is 7.13. The summed E-state index contributed by atoms with van der Waals surface area (Å²) < 4.78 is 5.60. The van der Waals surface area contributed by atoms with Crippen molar-refractivity contribution in [2.45, 2.75) is 26.2 Å². The number of carbonyl (C=O) groups is 3. The first-order chi connectivity index (χ1) is 14.5. The second-order valence-electron chi connectivity index (χ2n) is 6.79. The van der Waals surface area contributed by atoms with Crippen molar-refractivity contribution in [1.29, 1.82) is 0 Å². The summed E-state index contributed by atoms with van der Waals surface area (Å²) in [7, 11) is 0. The summed E-state index contributed by atoms with van der Waals surface area (Å²) in [5.41, 5.74) is 1.44. The van der Waals surface area contributed by atoms with Crippen LogP contribution in [-0.4, -0.2) is 40.9 Å². The minimum absolute atomic E-state index is 0.00934. The second-order valence-corrected chi connectivity index (χ2v) is 7.19. The molecule has 0 aliphatic carbocycles. The highest BCUT2D eigenvalue weighted by Gasteiger charge is 2.34. The number of imide groups is 1. The number of ether oxygens (including phenoxy) is 1. The molecular formula is C22H23N3O4S. The van der Waals surface area contributed by atoms with E-state index in [4.69, 9.17) is 17.0 Å². The molecule has 3 rings (SSSR count). The quantitative estimate of drug-likeness (QED) is 0.383. The highest BCUT2D eigenvalue weighted by Crippen LogP contribution is 2.22. The van der Waals surface area contributed by atoms with Gasteiger partial charge < -0.3 is 15.4 Å². The number of hydrogen-bond acceptors (Lipinski definition) is 5. The first-order valence-electron chi connectivity index (χ1n) is 9.78. The van der Waals surface area contributed by atoms with E-state index in [2.05, 4.69) is 17.6 Å². The number of nitrogens with one attached hydrogen (secondary N) is 2. The molecule has 0 radical (unpaired) electrons. The van der Waals surface area contributed by atoms with Crippen LogP contribution in [0, 0.1) is 0 Å². The van der Waals surface area contributed by atoms with Crippen LogP contribution in [0.2, 0.25) is 0 Å². The fourth-order valence-electron chi connectivity index (χ4n) is 2.98. The molecule has 7 nitrogen and oxygen atoms in total. The molecule has 0 atom stereocenters. The fourth-order valence-corrected chi connectivity index (χ4v) is 3.21.